The van der Waals surface area contributed by atoms with Crippen molar-refractivity contribution in [1.29, 1.82) is 10.5 Å². The molecule has 0 unspecified atom stereocenters. The number of aryl methyl sites for hydroxylation is 2. The Kier molecular flexibility index (Phi) is 6.44. The maximum Gasteiger partial charge on any atom is 0.417 e. The lowest BCUT2D eigenvalue weighted by atomic mass is 9.91. The molecular formula is C41H25F3N4. The van der Waals surface area contributed by atoms with Crippen molar-refractivity contribution < 1.29 is 13.2 Å². The quantitative estimate of drug-likeness (QED) is 0.195. The minimum absolute atomic E-state index is 0.115. The Morgan fingerprint density at radius 3 is 1.58 bits per heavy atom. The molecule has 0 amide bonds. The van der Waals surface area contributed by atoms with E-state index in [0.717, 1.165) is 60.8 Å². The van der Waals surface area contributed by atoms with Gasteiger partial charge in [0.05, 0.1) is 56.2 Å². The highest BCUT2D eigenvalue weighted by molar-refractivity contribution is 6.11. The van der Waals surface area contributed by atoms with Crippen LogP contribution in [-0.2, 0) is 6.18 Å². The van der Waals surface area contributed by atoms with Crippen molar-refractivity contribution in [2.24, 2.45) is 0 Å². The van der Waals surface area contributed by atoms with Crippen molar-refractivity contribution >= 4 is 43.6 Å². The fourth-order valence-electron chi connectivity index (χ4n) is 7.10. The summed E-state index contributed by atoms with van der Waals surface area (Å²) in [6.45, 7) is 4.00. The number of benzene rings is 6. The second-order valence-corrected chi connectivity index (χ2v) is 12.1. The number of hydrogen-bond acceptors (Lipinski definition) is 2. The number of halogens is 3. The summed E-state index contributed by atoms with van der Waals surface area (Å²) < 4.78 is 48.5. The fraction of sp³-hybridized carbons (Fsp3) is 0.0732. The van der Waals surface area contributed by atoms with Gasteiger partial charge in [0.15, 0.2) is 0 Å². The minimum Gasteiger partial charge on any atom is -0.309 e. The van der Waals surface area contributed by atoms with Gasteiger partial charge in [-0.25, -0.2) is 0 Å². The zero-order chi connectivity index (χ0) is 33.3. The zero-order valence-corrected chi connectivity index (χ0v) is 25.9. The molecule has 0 radical (unpaired) electrons. The van der Waals surface area contributed by atoms with Crippen molar-refractivity contribution in [3.05, 3.63) is 143 Å². The zero-order valence-electron chi connectivity index (χ0n) is 25.9. The molecular weight excluding hydrogens is 605 g/mol. The first-order valence-corrected chi connectivity index (χ1v) is 15.4. The van der Waals surface area contributed by atoms with Gasteiger partial charge in [-0.3, -0.25) is 0 Å². The van der Waals surface area contributed by atoms with E-state index in [1.807, 2.05) is 102 Å². The number of rotatable bonds is 3. The van der Waals surface area contributed by atoms with E-state index in [9.17, 15) is 23.7 Å². The molecule has 7 heteroatoms. The van der Waals surface area contributed by atoms with E-state index >= 15 is 0 Å². The van der Waals surface area contributed by atoms with E-state index in [4.69, 9.17) is 0 Å². The van der Waals surface area contributed by atoms with E-state index in [1.54, 1.807) is 12.1 Å². The number of nitrogens with zero attached hydrogens (tertiary/aromatic N) is 4. The van der Waals surface area contributed by atoms with Crippen LogP contribution in [0.4, 0.5) is 13.2 Å². The largest absolute Gasteiger partial charge is 0.417 e. The first-order valence-electron chi connectivity index (χ1n) is 15.4. The molecule has 8 aromatic rings. The van der Waals surface area contributed by atoms with Crippen molar-refractivity contribution in [3.63, 3.8) is 0 Å². The number of hydrogen-bond donors (Lipinski definition) is 0. The average Bonchev–Trinajstić information content (AvgIpc) is 3.59. The first-order chi connectivity index (χ1) is 23.2. The van der Waals surface area contributed by atoms with Crippen LogP contribution in [0.1, 0.15) is 27.8 Å². The van der Waals surface area contributed by atoms with Gasteiger partial charge < -0.3 is 9.13 Å². The number of para-hydroxylation sites is 2. The molecule has 0 fully saturated rings. The molecule has 2 heterocycles. The van der Waals surface area contributed by atoms with Crippen molar-refractivity contribution in [3.8, 4) is 34.6 Å². The van der Waals surface area contributed by atoms with Crippen molar-refractivity contribution in [2.45, 2.75) is 20.0 Å². The van der Waals surface area contributed by atoms with Crippen LogP contribution in [0.2, 0.25) is 0 Å². The topological polar surface area (TPSA) is 57.4 Å². The smallest absolute Gasteiger partial charge is 0.309 e. The highest BCUT2D eigenvalue weighted by atomic mass is 19.4. The number of aromatic nitrogens is 2. The van der Waals surface area contributed by atoms with Gasteiger partial charge in [0, 0.05) is 32.7 Å². The Morgan fingerprint density at radius 1 is 0.521 bits per heavy atom. The van der Waals surface area contributed by atoms with Gasteiger partial charge >= 0.3 is 6.18 Å². The van der Waals surface area contributed by atoms with E-state index < -0.39 is 11.7 Å². The summed E-state index contributed by atoms with van der Waals surface area (Å²) in [6, 6.07) is 38.9. The van der Waals surface area contributed by atoms with E-state index in [0.29, 0.717) is 11.4 Å². The third kappa shape index (κ3) is 4.29. The molecule has 0 aliphatic carbocycles. The molecule has 8 rings (SSSR count). The molecule has 4 nitrogen and oxygen atoms in total. The Morgan fingerprint density at radius 2 is 1.04 bits per heavy atom. The number of fused-ring (bicyclic) bond motifs is 6. The van der Waals surface area contributed by atoms with Gasteiger partial charge in [0.2, 0.25) is 0 Å². The Hall–Kier alpha value is -6.31. The molecule has 0 bridgehead atoms. The summed E-state index contributed by atoms with van der Waals surface area (Å²) in [4.78, 5) is 0. The minimum atomic E-state index is -4.75. The molecule has 6 aromatic carbocycles. The van der Waals surface area contributed by atoms with Gasteiger partial charge in [-0.1, -0.05) is 65.7 Å². The standard InChI is InChI=1S/C41H25F3N4/c1-24-14-16-36-30(18-24)28-9-3-5-12-34(28)47(36)38-21-32(40-26(22-45)8-7-11-33(40)41(42,43)44)39(20-27(38)23-46)48-35-13-6-4-10-29(35)31-19-25(2)15-17-37(31)48/h3-21H,1-2H3. The van der Waals surface area contributed by atoms with Crippen LogP contribution >= 0.6 is 0 Å². The van der Waals surface area contributed by atoms with E-state index in [2.05, 4.69) is 18.2 Å². The van der Waals surface area contributed by atoms with Crippen molar-refractivity contribution in [2.75, 3.05) is 0 Å². The molecule has 0 saturated heterocycles. The number of nitriles is 2. The summed E-state index contributed by atoms with van der Waals surface area (Å²) in [5, 5.41) is 24.8. The SMILES string of the molecule is Cc1ccc2c(c1)c1ccccc1n2-c1cc(-c2c(C#N)cccc2C(F)(F)F)c(-n2c3ccccc3c3cc(C)ccc32)cc1C#N. The molecule has 0 saturated carbocycles. The Bertz CT molecular complexity index is 2710. The normalized spacial score (nSPS) is 11.8. The summed E-state index contributed by atoms with van der Waals surface area (Å²) in [7, 11) is 0. The summed E-state index contributed by atoms with van der Waals surface area (Å²) in [5.74, 6) is 0. The predicted molar refractivity (Wildman–Crippen MR) is 184 cm³/mol. The van der Waals surface area contributed by atoms with Gasteiger partial charge in [-0.2, -0.15) is 23.7 Å². The lowest BCUT2D eigenvalue weighted by Crippen LogP contribution is -2.11. The van der Waals surface area contributed by atoms with E-state index in [-0.39, 0.29) is 22.3 Å². The fourth-order valence-corrected chi connectivity index (χ4v) is 7.10. The molecule has 0 N–H and O–H groups in total. The van der Waals surface area contributed by atoms with Crippen LogP contribution in [0.3, 0.4) is 0 Å². The Labute approximate surface area is 273 Å². The summed E-state index contributed by atoms with van der Waals surface area (Å²) >= 11 is 0. The summed E-state index contributed by atoms with van der Waals surface area (Å²) in [6.07, 6.45) is -4.75. The maximum absolute atomic E-state index is 14.9. The number of alkyl halides is 3. The first kappa shape index (κ1) is 29.1. The van der Waals surface area contributed by atoms with Gasteiger partial charge in [0.1, 0.15) is 6.07 Å². The van der Waals surface area contributed by atoms with Crippen LogP contribution in [-0.4, -0.2) is 9.13 Å². The second kappa shape index (κ2) is 10.6. The molecule has 48 heavy (non-hydrogen) atoms. The van der Waals surface area contributed by atoms with Crippen LogP contribution in [0, 0.1) is 36.5 Å². The highest BCUT2D eigenvalue weighted by Gasteiger charge is 2.36. The van der Waals surface area contributed by atoms with E-state index in [1.165, 1.54) is 12.1 Å². The Balaban J connectivity index is 1.59. The molecule has 0 aliphatic heterocycles. The molecule has 0 aliphatic rings. The highest BCUT2D eigenvalue weighted by Crippen LogP contribution is 2.45. The lowest BCUT2D eigenvalue weighted by Gasteiger charge is -2.21. The van der Waals surface area contributed by atoms with Gasteiger partial charge in [-0.15, -0.1) is 0 Å². The van der Waals surface area contributed by atoms with Crippen LogP contribution in [0.25, 0.3) is 66.1 Å². The molecule has 230 valence electrons. The second-order valence-electron chi connectivity index (χ2n) is 12.1. The molecule has 0 atom stereocenters. The third-order valence-corrected chi connectivity index (χ3v) is 9.13. The molecule has 0 spiro atoms. The third-order valence-electron chi connectivity index (χ3n) is 9.13. The van der Waals surface area contributed by atoms with Crippen molar-refractivity contribution in [1.82, 2.24) is 9.13 Å². The lowest BCUT2D eigenvalue weighted by molar-refractivity contribution is -0.137. The molecule has 2 aromatic heterocycles. The van der Waals surface area contributed by atoms with Crippen LogP contribution < -0.4 is 0 Å². The van der Waals surface area contributed by atoms with Gasteiger partial charge in [-0.05, 0) is 74.5 Å². The average molecular weight is 631 g/mol. The maximum atomic E-state index is 14.9. The van der Waals surface area contributed by atoms with Gasteiger partial charge in [0.25, 0.3) is 0 Å². The van der Waals surface area contributed by atoms with Crippen LogP contribution in [0.5, 0.6) is 0 Å². The van der Waals surface area contributed by atoms with Crippen LogP contribution in [0.15, 0.2) is 115 Å². The monoisotopic (exact) mass is 630 g/mol. The predicted octanol–water partition coefficient (Wildman–Crippen LogP) is 10.9. The summed E-state index contributed by atoms with van der Waals surface area (Å²) in [5.41, 5.74) is 5.25.